The van der Waals surface area contributed by atoms with Gasteiger partial charge in [0.2, 0.25) is 5.91 Å². The van der Waals surface area contributed by atoms with E-state index in [1.807, 2.05) is 23.1 Å². The summed E-state index contributed by atoms with van der Waals surface area (Å²) in [5.74, 6) is 0.674. The summed E-state index contributed by atoms with van der Waals surface area (Å²) < 4.78 is 0. The number of carbonyl (C=O) groups excluding carboxylic acids is 1. The van der Waals surface area contributed by atoms with Gasteiger partial charge in [-0.3, -0.25) is 4.79 Å². The molecule has 0 bridgehead atoms. The lowest BCUT2D eigenvalue weighted by Crippen LogP contribution is -2.54. The van der Waals surface area contributed by atoms with Crippen molar-refractivity contribution in [3.63, 3.8) is 0 Å². The van der Waals surface area contributed by atoms with Gasteiger partial charge < -0.3 is 16.0 Å². The SMILES string of the molecule is CCC[C@@H]1NCCN(Cc2ccc3c(N)ncnc3c2)C1=O. The van der Waals surface area contributed by atoms with Crippen molar-refractivity contribution in [2.24, 2.45) is 0 Å². The molecule has 1 saturated heterocycles. The highest BCUT2D eigenvalue weighted by Gasteiger charge is 2.27. The van der Waals surface area contributed by atoms with Crippen molar-refractivity contribution in [1.82, 2.24) is 20.2 Å². The molecule has 6 nitrogen and oxygen atoms in total. The lowest BCUT2D eigenvalue weighted by molar-refractivity contribution is -0.136. The third kappa shape index (κ3) is 2.87. The number of benzene rings is 1. The Bertz CT molecular complexity index is 685. The Morgan fingerprint density at radius 3 is 3.09 bits per heavy atom. The fourth-order valence-electron chi connectivity index (χ4n) is 2.90. The minimum absolute atomic E-state index is 0.0443. The van der Waals surface area contributed by atoms with E-state index in [0.29, 0.717) is 12.4 Å². The molecule has 2 heterocycles. The lowest BCUT2D eigenvalue weighted by atomic mass is 10.1. The molecule has 0 aliphatic carbocycles. The van der Waals surface area contributed by atoms with Crippen LogP contribution in [0.15, 0.2) is 24.5 Å². The van der Waals surface area contributed by atoms with Gasteiger partial charge in [0.05, 0.1) is 11.6 Å². The first kappa shape index (κ1) is 14.7. The number of amides is 1. The van der Waals surface area contributed by atoms with Gasteiger partial charge in [0.1, 0.15) is 12.1 Å². The number of nitrogens with two attached hydrogens (primary N) is 1. The predicted molar refractivity (Wildman–Crippen MR) is 86.1 cm³/mol. The molecule has 1 fully saturated rings. The molecule has 1 aliphatic rings. The van der Waals surface area contributed by atoms with E-state index in [-0.39, 0.29) is 11.9 Å². The number of anilines is 1. The Labute approximate surface area is 129 Å². The van der Waals surface area contributed by atoms with Crippen molar-refractivity contribution in [1.29, 1.82) is 0 Å². The topological polar surface area (TPSA) is 84.1 Å². The van der Waals surface area contributed by atoms with E-state index in [0.717, 1.165) is 42.4 Å². The monoisotopic (exact) mass is 299 g/mol. The Hall–Kier alpha value is -2.21. The van der Waals surface area contributed by atoms with Crippen LogP contribution in [0.5, 0.6) is 0 Å². The summed E-state index contributed by atoms with van der Waals surface area (Å²) >= 11 is 0. The van der Waals surface area contributed by atoms with Gasteiger partial charge in [-0.25, -0.2) is 9.97 Å². The number of hydrogen-bond donors (Lipinski definition) is 2. The molecule has 3 N–H and O–H groups in total. The fraction of sp³-hybridized carbons (Fsp3) is 0.438. The van der Waals surface area contributed by atoms with Crippen LogP contribution in [0, 0.1) is 0 Å². The summed E-state index contributed by atoms with van der Waals surface area (Å²) in [6, 6.07) is 5.86. The number of nitrogens with zero attached hydrogens (tertiary/aromatic N) is 3. The normalized spacial score (nSPS) is 18.9. The maximum atomic E-state index is 12.5. The highest BCUT2D eigenvalue weighted by atomic mass is 16.2. The molecule has 1 atom stereocenters. The van der Waals surface area contributed by atoms with E-state index in [1.54, 1.807) is 0 Å². The number of nitrogen functional groups attached to an aromatic ring is 1. The molecular formula is C16H21N5O. The predicted octanol–water partition coefficient (Wildman–Crippen LogP) is 1.31. The minimum atomic E-state index is -0.0443. The number of rotatable bonds is 4. The lowest BCUT2D eigenvalue weighted by Gasteiger charge is -2.33. The zero-order valence-corrected chi connectivity index (χ0v) is 12.7. The Morgan fingerprint density at radius 2 is 2.27 bits per heavy atom. The van der Waals surface area contributed by atoms with Gasteiger partial charge in [-0.2, -0.15) is 0 Å². The smallest absolute Gasteiger partial charge is 0.240 e. The zero-order chi connectivity index (χ0) is 15.5. The van der Waals surface area contributed by atoms with Gasteiger partial charge in [0, 0.05) is 25.0 Å². The van der Waals surface area contributed by atoms with Crippen LogP contribution in [0.3, 0.4) is 0 Å². The maximum absolute atomic E-state index is 12.5. The molecule has 1 amide bonds. The molecule has 0 saturated carbocycles. The first-order valence-electron chi connectivity index (χ1n) is 7.70. The summed E-state index contributed by atoms with van der Waals surface area (Å²) in [4.78, 5) is 22.6. The molecule has 6 heteroatoms. The number of nitrogens with one attached hydrogen (secondary N) is 1. The summed E-state index contributed by atoms with van der Waals surface area (Å²) in [6.07, 6.45) is 3.36. The minimum Gasteiger partial charge on any atom is -0.383 e. The second-order valence-electron chi connectivity index (χ2n) is 5.67. The quantitative estimate of drug-likeness (QED) is 0.889. The summed E-state index contributed by atoms with van der Waals surface area (Å²) in [7, 11) is 0. The van der Waals surface area contributed by atoms with Crippen LogP contribution < -0.4 is 11.1 Å². The van der Waals surface area contributed by atoms with Crippen molar-refractivity contribution >= 4 is 22.6 Å². The molecule has 0 radical (unpaired) electrons. The average molecular weight is 299 g/mol. The van der Waals surface area contributed by atoms with E-state index in [4.69, 9.17) is 5.73 Å². The van der Waals surface area contributed by atoms with Crippen molar-refractivity contribution in [2.75, 3.05) is 18.8 Å². The molecular weight excluding hydrogens is 278 g/mol. The molecule has 2 aromatic rings. The van der Waals surface area contributed by atoms with Crippen LogP contribution in [0.25, 0.3) is 10.9 Å². The van der Waals surface area contributed by atoms with Gasteiger partial charge in [0.15, 0.2) is 0 Å². The Morgan fingerprint density at radius 1 is 1.41 bits per heavy atom. The van der Waals surface area contributed by atoms with Crippen LogP contribution >= 0.6 is 0 Å². The third-order valence-corrected chi connectivity index (χ3v) is 4.06. The summed E-state index contributed by atoms with van der Waals surface area (Å²) in [5.41, 5.74) is 7.72. The van der Waals surface area contributed by atoms with Crippen molar-refractivity contribution < 1.29 is 4.79 Å². The third-order valence-electron chi connectivity index (χ3n) is 4.06. The van der Waals surface area contributed by atoms with E-state index in [9.17, 15) is 4.79 Å². The average Bonchev–Trinajstić information content (AvgIpc) is 2.52. The number of hydrogen-bond acceptors (Lipinski definition) is 5. The van der Waals surface area contributed by atoms with E-state index in [1.165, 1.54) is 6.33 Å². The molecule has 1 aromatic carbocycles. The Balaban J connectivity index is 1.79. The Kier molecular flexibility index (Phi) is 4.20. The molecule has 1 aliphatic heterocycles. The molecule has 22 heavy (non-hydrogen) atoms. The number of aromatic nitrogens is 2. The maximum Gasteiger partial charge on any atom is 0.240 e. The van der Waals surface area contributed by atoms with Crippen LogP contribution in [-0.4, -0.2) is 39.9 Å². The largest absolute Gasteiger partial charge is 0.383 e. The molecule has 3 rings (SSSR count). The second-order valence-corrected chi connectivity index (χ2v) is 5.67. The first-order valence-corrected chi connectivity index (χ1v) is 7.70. The van der Waals surface area contributed by atoms with Crippen LogP contribution in [0.1, 0.15) is 25.3 Å². The zero-order valence-electron chi connectivity index (χ0n) is 12.7. The van der Waals surface area contributed by atoms with Gasteiger partial charge >= 0.3 is 0 Å². The van der Waals surface area contributed by atoms with Gasteiger partial charge in [-0.1, -0.05) is 19.4 Å². The van der Waals surface area contributed by atoms with Crippen LogP contribution in [0.4, 0.5) is 5.82 Å². The number of carbonyl (C=O) groups is 1. The molecule has 1 aromatic heterocycles. The van der Waals surface area contributed by atoms with Crippen LogP contribution in [-0.2, 0) is 11.3 Å². The summed E-state index contributed by atoms with van der Waals surface area (Å²) in [5, 5.41) is 4.14. The second kappa shape index (κ2) is 6.27. The van der Waals surface area contributed by atoms with Crippen LogP contribution in [0.2, 0.25) is 0 Å². The fourth-order valence-corrected chi connectivity index (χ4v) is 2.90. The van der Waals surface area contributed by atoms with E-state index in [2.05, 4.69) is 22.2 Å². The molecule has 0 spiro atoms. The van der Waals surface area contributed by atoms with Crippen molar-refractivity contribution in [3.8, 4) is 0 Å². The number of fused-ring (bicyclic) bond motifs is 1. The van der Waals surface area contributed by atoms with E-state index >= 15 is 0 Å². The highest BCUT2D eigenvalue weighted by molar-refractivity contribution is 5.88. The van der Waals surface area contributed by atoms with Crippen molar-refractivity contribution in [3.05, 3.63) is 30.1 Å². The number of piperazine rings is 1. The first-order chi connectivity index (χ1) is 10.7. The summed E-state index contributed by atoms with van der Waals surface area (Å²) in [6.45, 7) is 4.30. The standard InChI is InChI=1S/C16H21N5O/c1-2-3-13-16(22)21(7-6-18-13)9-11-4-5-12-14(8-11)19-10-20-15(12)17/h4-5,8,10,13,18H,2-3,6-7,9H2,1H3,(H2,17,19,20)/t13-/m0/s1. The van der Waals surface area contributed by atoms with Gasteiger partial charge in [-0.05, 0) is 24.1 Å². The molecule has 116 valence electrons. The van der Waals surface area contributed by atoms with Crippen molar-refractivity contribution in [2.45, 2.75) is 32.4 Å². The highest BCUT2D eigenvalue weighted by Crippen LogP contribution is 2.19. The van der Waals surface area contributed by atoms with Gasteiger partial charge in [-0.15, -0.1) is 0 Å². The molecule has 0 unspecified atom stereocenters. The van der Waals surface area contributed by atoms with Gasteiger partial charge in [0.25, 0.3) is 0 Å². The van der Waals surface area contributed by atoms with E-state index < -0.39 is 0 Å².